The molecule has 1 atom stereocenters. The fourth-order valence-electron chi connectivity index (χ4n) is 4.22. The number of nitrogens with zero attached hydrogens (tertiary/aromatic N) is 3. The Labute approximate surface area is 186 Å². The first-order chi connectivity index (χ1) is 13.1. The maximum Gasteiger partial charge on any atom is 0.220 e. The van der Waals surface area contributed by atoms with Gasteiger partial charge in [0.2, 0.25) is 5.91 Å². The van der Waals surface area contributed by atoms with E-state index >= 15 is 0 Å². The topological polar surface area (TPSA) is 60.0 Å². The molecule has 0 aliphatic carbocycles. The monoisotopic (exact) mass is 499 g/mol. The molecule has 0 spiro atoms. The van der Waals surface area contributed by atoms with Crippen molar-refractivity contribution >= 4 is 41.5 Å². The minimum Gasteiger partial charge on any atom is -0.366 e. The minimum absolute atomic E-state index is 0. The van der Waals surface area contributed by atoms with Crippen LogP contribution in [0.4, 0.5) is 5.69 Å². The number of carbonyl (C=O) groups excluding carboxylic acids is 1. The molecule has 1 aromatic rings. The Morgan fingerprint density at radius 2 is 1.96 bits per heavy atom. The van der Waals surface area contributed by atoms with Gasteiger partial charge in [-0.25, -0.2) is 0 Å². The van der Waals surface area contributed by atoms with Crippen molar-refractivity contribution in [2.24, 2.45) is 10.9 Å². The molecular weight excluding hydrogens is 465 g/mol. The Kier molecular flexibility index (Phi) is 8.85. The molecule has 2 N–H and O–H groups in total. The average Bonchev–Trinajstić information content (AvgIpc) is 3.13. The summed E-state index contributed by atoms with van der Waals surface area (Å²) < 4.78 is 0. The van der Waals surface area contributed by atoms with Crippen LogP contribution in [0.5, 0.6) is 0 Å². The van der Waals surface area contributed by atoms with E-state index in [9.17, 15) is 4.79 Å². The zero-order valence-electron chi connectivity index (χ0n) is 17.3. The number of fused-ring (bicyclic) bond motifs is 1. The van der Waals surface area contributed by atoms with Crippen molar-refractivity contribution in [3.05, 3.63) is 29.8 Å². The van der Waals surface area contributed by atoms with Gasteiger partial charge in [0.05, 0.1) is 0 Å². The van der Waals surface area contributed by atoms with Gasteiger partial charge >= 0.3 is 0 Å². The summed E-state index contributed by atoms with van der Waals surface area (Å²) in [4.78, 5) is 20.9. The van der Waals surface area contributed by atoms with Crippen molar-refractivity contribution in [2.45, 2.75) is 38.6 Å². The normalized spacial score (nSPS) is 18.3. The summed E-state index contributed by atoms with van der Waals surface area (Å²) in [5.74, 6) is 1.61. The molecule has 1 unspecified atom stereocenters. The third-order valence-corrected chi connectivity index (χ3v) is 5.89. The summed E-state index contributed by atoms with van der Waals surface area (Å²) in [6, 6.07) is 9.12. The van der Waals surface area contributed by atoms with Gasteiger partial charge in [-0.2, -0.15) is 0 Å². The lowest BCUT2D eigenvalue weighted by molar-refractivity contribution is -0.121. The van der Waals surface area contributed by atoms with Crippen molar-refractivity contribution in [2.75, 3.05) is 45.2 Å². The zero-order valence-corrected chi connectivity index (χ0v) is 19.6. The highest BCUT2D eigenvalue weighted by molar-refractivity contribution is 14.0. The van der Waals surface area contributed by atoms with Crippen LogP contribution in [0.25, 0.3) is 0 Å². The highest BCUT2D eigenvalue weighted by atomic mass is 127. The number of likely N-dealkylation sites (tertiary alicyclic amines) is 1. The Morgan fingerprint density at radius 3 is 2.64 bits per heavy atom. The van der Waals surface area contributed by atoms with Crippen LogP contribution in [0.3, 0.4) is 0 Å². The van der Waals surface area contributed by atoms with Crippen molar-refractivity contribution in [1.82, 2.24) is 15.5 Å². The van der Waals surface area contributed by atoms with Gasteiger partial charge in [-0.1, -0.05) is 18.2 Å². The van der Waals surface area contributed by atoms with Gasteiger partial charge in [0.1, 0.15) is 0 Å². The van der Waals surface area contributed by atoms with Gasteiger partial charge in [-0.15, -0.1) is 24.0 Å². The second-order valence-electron chi connectivity index (χ2n) is 7.66. The SMILES string of the molecule is CN=C(NCC(C)N1CCc2ccccc21)N1CCC(CC(=O)NC)CC1.I. The molecular formula is C21H34IN5O. The number of hydrogen-bond donors (Lipinski definition) is 2. The second-order valence-corrected chi connectivity index (χ2v) is 7.66. The summed E-state index contributed by atoms with van der Waals surface area (Å²) in [7, 11) is 3.57. The molecule has 0 saturated carbocycles. The number of guanidine groups is 1. The lowest BCUT2D eigenvalue weighted by Crippen LogP contribution is -2.49. The first-order valence-electron chi connectivity index (χ1n) is 10.1. The Morgan fingerprint density at radius 1 is 1.25 bits per heavy atom. The Hall–Kier alpha value is -1.51. The Balaban J connectivity index is 0.00000280. The molecule has 6 nitrogen and oxygen atoms in total. The van der Waals surface area contributed by atoms with E-state index in [2.05, 4.69) is 56.6 Å². The lowest BCUT2D eigenvalue weighted by atomic mass is 9.93. The second kappa shape index (κ2) is 10.9. The number of amides is 1. The summed E-state index contributed by atoms with van der Waals surface area (Å²) in [6.45, 7) is 6.16. The number of rotatable bonds is 5. The molecule has 3 rings (SSSR count). The van der Waals surface area contributed by atoms with E-state index in [0.29, 0.717) is 18.4 Å². The quantitative estimate of drug-likeness (QED) is 0.372. The molecule has 0 radical (unpaired) electrons. The fourth-order valence-corrected chi connectivity index (χ4v) is 4.22. The van der Waals surface area contributed by atoms with Crippen LogP contribution in [-0.4, -0.2) is 63.1 Å². The third kappa shape index (κ3) is 5.52. The highest BCUT2D eigenvalue weighted by Gasteiger charge is 2.25. The standard InChI is InChI=1S/C21H33N5O.HI/c1-16(26-13-10-18-6-4-5-7-19(18)26)15-24-21(23-3)25-11-8-17(9-12-25)14-20(27)22-2;/h4-7,16-17H,8-15H2,1-3H3,(H,22,27)(H,23,24);1H. The molecule has 2 heterocycles. The number of anilines is 1. The van der Waals surface area contributed by atoms with E-state index in [1.807, 2.05) is 7.05 Å². The number of para-hydroxylation sites is 1. The minimum atomic E-state index is 0. The predicted octanol–water partition coefficient (Wildman–Crippen LogP) is 2.48. The molecule has 156 valence electrons. The van der Waals surface area contributed by atoms with Gasteiger partial charge in [-0.3, -0.25) is 9.79 Å². The van der Waals surface area contributed by atoms with E-state index in [4.69, 9.17) is 0 Å². The van der Waals surface area contributed by atoms with Crippen LogP contribution >= 0.6 is 24.0 Å². The number of piperidine rings is 1. The first-order valence-corrected chi connectivity index (χ1v) is 10.1. The first kappa shape index (κ1) is 22.8. The lowest BCUT2D eigenvalue weighted by Gasteiger charge is -2.35. The molecule has 1 saturated heterocycles. The molecule has 28 heavy (non-hydrogen) atoms. The molecule has 2 aliphatic rings. The van der Waals surface area contributed by atoms with Crippen LogP contribution in [0.2, 0.25) is 0 Å². The van der Waals surface area contributed by atoms with Crippen LogP contribution in [0, 0.1) is 5.92 Å². The smallest absolute Gasteiger partial charge is 0.220 e. The molecule has 0 aromatic heterocycles. The predicted molar refractivity (Wildman–Crippen MR) is 127 cm³/mol. The van der Waals surface area contributed by atoms with Gasteiger partial charge in [0.25, 0.3) is 0 Å². The molecule has 1 aromatic carbocycles. The van der Waals surface area contributed by atoms with Gasteiger partial charge < -0.3 is 20.4 Å². The number of nitrogens with one attached hydrogen (secondary N) is 2. The van der Waals surface area contributed by atoms with Gasteiger partial charge in [-0.05, 0) is 43.7 Å². The van der Waals surface area contributed by atoms with E-state index in [1.165, 1.54) is 11.3 Å². The van der Waals surface area contributed by atoms with Crippen LogP contribution in [-0.2, 0) is 11.2 Å². The summed E-state index contributed by atoms with van der Waals surface area (Å²) in [6.07, 6.45) is 3.86. The number of benzene rings is 1. The third-order valence-electron chi connectivity index (χ3n) is 5.89. The summed E-state index contributed by atoms with van der Waals surface area (Å²) >= 11 is 0. The van der Waals surface area contributed by atoms with Crippen molar-refractivity contribution in [3.63, 3.8) is 0 Å². The summed E-state index contributed by atoms with van der Waals surface area (Å²) in [5, 5.41) is 6.30. The summed E-state index contributed by atoms with van der Waals surface area (Å²) in [5.41, 5.74) is 2.82. The zero-order chi connectivity index (χ0) is 19.2. The maximum atomic E-state index is 11.6. The maximum absolute atomic E-state index is 11.6. The van der Waals surface area contributed by atoms with Gasteiger partial charge in [0.15, 0.2) is 5.96 Å². The molecule has 0 bridgehead atoms. The molecule has 1 fully saturated rings. The van der Waals surface area contributed by atoms with E-state index < -0.39 is 0 Å². The largest absolute Gasteiger partial charge is 0.366 e. The van der Waals surface area contributed by atoms with Crippen molar-refractivity contribution in [3.8, 4) is 0 Å². The van der Waals surface area contributed by atoms with Crippen LogP contribution < -0.4 is 15.5 Å². The number of aliphatic imine (C=N–C) groups is 1. The number of carbonyl (C=O) groups is 1. The molecule has 1 amide bonds. The molecule has 2 aliphatic heterocycles. The van der Waals surface area contributed by atoms with Crippen LogP contribution in [0.15, 0.2) is 29.3 Å². The van der Waals surface area contributed by atoms with Gasteiger partial charge in [0, 0.05) is 58.4 Å². The van der Waals surface area contributed by atoms with E-state index in [-0.39, 0.29) is 29.9 Å². The van der Waals surface area contributed by atoms with E-state index in [1.54, 1.807) is 7.05 Å². The van der Waals surface area contributed by atoms with Crippen molar-refractivity contribution < 1.29 is 4.79 Å². The number of halogens is 1. The highest BCUT2D eigenvalue weighted by Crippen LogP contribution is 2.29. The number of hydrogen-bond acceptors (Lipinski definition) is 3. The average molecular weight is 499 g/mol. The van der Waals surface area contributed by atoms with Crippen LogP contribution in [0.1, 0.15) is 31.7 Å². The Bertz CT molecular complexity index is 673. The fraction of sp³-hybridized carbons (Fsp3) is 0.619. The van der Waals surface area contributed by atoms with E-state index in [0.717, 1.165) is 51.4 Å². The molecule has 7 heteroatoms. The van der Waals surface area contributed by atoms with Crippen molar-refractivity contribution in [1.29, 1.82) is 0 Å².